The van der Waals surface area contributed by atoms with Gasteiger partial charge in [0.25, 0.3) is 10.2 Å². The zero-order valence-corrected chi connectivity index (χ0v) is 16.0. The fourth-order valence-corrected chi connectivity index (χ4v) is 2.58. The Kier molecular flexibility index (Phi) is 6.94. The van der Waals surface area contributed by atoms with Crippen molar-refractivity contribution >= 4 is 16.7 Å². The molecule has 0 aliphatic carbocycles. The van der Waals surface area contributed by atoms with E-state index in [-0.39, 0.29) is 12.4 Å². The molecule has 1 heterocycles. The van der Waals surface area contributed by atoms with E-state index < -0.39 is 22.9 Å². The molecular formula is C15H19N5O9. The lowest BCUT2D eigenvalue weighted by molar-refractivity contribution is -0.789. The zero-order valence-electron chi connectivity index (χ0n) is 16.0. The molecule has 14 heteroatoms. The number of hydrogen-bond acceptors (Lipinski definition) is 12. The fraction of sp³-hybridized carbons (Fsp3) is 0.467. The van der Waals surface area contributed by atoms with Crippen molar-refractivity contribution in [2.75, 3.05) is 39.8 Å². The lowest BCUT2D eigenvalue weighted by atomic mass is 10.1. The van der Waals surface area contributed by atoms with E-state index in [1.54, 1.807) is 13.0 Å². The maximum absolute atomic E-state index is 10.6. The summed E-state index contributed by atoms with van der Waals surface area (Å²) >= 11 is 0. The van der Waals surface area contributed by atoms with Gasteiger partial charge in [-0.1, -0.05) is 0 Å². The van der Waals surface area contributed by atoms with Crippen molar-refractivity contribution < 1.29 is 34.1 Å². The second-order valence-corrected chi connectivity index (χ2v) is 5.51. The Bertz CT molecular complexity index is 908. The molecular weight excluding hydrogens is 394 g/mol. The molecule has 0 aliphatic rings. The first-order chi connectivity index (χ1) is 13.8. The maximum atomic E-state index is 10.6. The summed E-state index contributed by atoms with van der Waals surface area (Å²) in [5, 5.41) is 22.2. The summed E-state index contributed by atoms with van der Waals surface area (Å²) in [7, 11) is 4.34. The van der Waals surface area contributed by atoms with Gasteiger partial charge in [0.05, 0.1) is 26.7 Å². The van der Waals surface area contributed by atoms with Crippen LogP contribution in [0.2, 0.25) is 0 Å². The van der Waals surface area contributed by atoms with Gasteiger partial charge in [-0.15, -0.1) is 20.2 Å². The van der Waals surface area contributed by atoms with Crippen molar-refractivity contribution in [1.82, 2.24) is 9.97 Å². The van der Waals surface area contributed by atoms with Crippen molar-refractivity contribution in [3.05, 3.63) is 32.1 Å². The normalized spacial score (nSPS) is 11.4. The molecule has 1 N–H and O–H groups in total. The third-order valence-electron chi connectivity index (χ3n) is 3.70. The third kappa shape index (κ3) is 5.12. The molecule has 1 unspecified atom stereocenters. The molecule has 158 valence electrons. The van der Waals surface area contributed by atoms with Crippen LogP contribution in [0.3, 0.4) is 0 Å². The molecule has 29 heavy (non-hydrogen) atoms. The Morgan fingerprint density at radius 1 is 1.07 bits per heavy atom. The van der Waals surface area contributed by atoms with Crippen molar-refractivity contribution in [2.45, 2.75) is 13.0 Å². The first-order valence-corrected chi connectivity index (χ1v) is 8.10. The van der Waals surface area contributed by atoms with Gasteiger partial charge in [0.15, 0.2) is 11.5 Å². The molecule has 0 spiro atoms. The van der Waals surface area contributed by atoms with Crippen LogP contribution in [0.4, 0.5) is 5.82 Å². The van der Waals surface area contributed by atoms with E-state index in [9.17, 15) is 20.2 Å². The number of aromatic nitrogens is 2. The summed E-state index contributed by atoms with van der Waals surface area (Å²) in [6.45, 7) is 0.780. The highest BCUT2D eigenvalue weighted by Gasteiger charge is 2.22. The van der Waals surface area contributed by atoms with Crippen LogP contribution in [0.25, 0.3) is 10.9 Å². The average molecular weight is 413 g/mol. The lowest BCUT2D eigenvalue weighted by Gasteiger charge is -2.18. The Morgan fingerprint density at radius 2 is 1.76 bits per heavy atom. The summed E-state index contributed by atoms with van der Waals surface area (Å²) in [4.78, 5) is 38.2. The van der Waals surface area contributed by atoms with Gasteiger partial charge in [-0.05, 0) is 13.0 Å². The van der Waals surface area contributed by atoms with Gasteiger partial charge in [0.2, 0.25) is 5.75 Å². The summed E-state index contributed by atoms with van der Waals surface area (Å²) in [5.41, 5.74) is 0.411. The average Bonchev–Trinajstić information content (AvgIpc) is 2.67. The molecule has 1 atom stereocenters. The van der Waals surface area contributed by atoms with Gasteiger partial charge in [-0.3, -0.25) is 0 Å². The summed E-state index contributed by atoms with van der Waals surface area (Å²) < 4.78 is 16.1. The minimum Gasteiger partial charge on any atom is -0.493 e. The van der Waals surface area contributed by atoms with Crippen LogP contribution in [-0.4, -0.2) is 60.7 Å². The van der Waals surface area contributed by atoms with Crippen LogP contribution in [-0.2, 0) is 9.68 Å². The quantitative estimate of drug-likeness (QED) is 0.412. The topological polar surface area (TPSA) is 170 Å². The summed E-state index contributed by atoms with van der Waals surface area (Å²) in [6, 6.07) is 1.61. The van der Waals surface area contributed by atoms with Crippen LogP contribution in [0.15, 0.2) is 6.07 Å². The molecule has 14 nitrogen and oxygen atoms in total. The predicted octanol–water partition coefficient (Wildman–Crippen LogP) is 1.16. The highest BCUT2D eigenvalue weighted by molar-refractivity contribution is 5.96. The number of aryl methyl sites for hydroxylation is 1. The van der Waals surface area contributed by atoms with E-state index >= 15 is 0 Å². The van der Waals surface area contributed by atoms with E-state index in [4.69, 9.17) is 14.2 Å². The molecule has 0 saturated carbocycles. The van der Waals surface area contributed by atoms with E-state index in [0.29, 0.717) is 34.0 Å². The Morgan fingerprint density at radius 3 is 2.31 bits per heavy atom. The van der Waals surface area contributed by atoms with Gasteiger partial charge in [-0.2, -0.15) is 0 Å². The monoisotopic (exact) mass is 413 g/mol. The van der Waals surface area contributed by atoms with E-state index in [1.807, 2.05) is 0 Å². The predicted molar refractivity (Wildman–Crippen MR) is 97.2 cm³/mol. The number of ether oxygens (including phenoxy) is 3. The van der Waals surface area contributed by atoms with Crippen molar-refractivity contribution in [1.29, 1.82) is 0 Å². The molecule has 0 saturated heterocycles. The SMILES string of the molecule is COc1cc2c(NCC(CO[N+](=O)[O-])O[N+](=O)[O-])nc(C)nc2c(OC)c1OC. The largest absolute Gasteiger partial charge is 0.493 e. The number of nitrogens with zero attached hydrogens (tertiary/aromatic N) is 4. The number of benzene rings is 1. The van der Waals surface area contributed by atoms with Crippen molar-refractivity contribution in [3.8, 4) is 17.2 Å². The van der Waals surface area contributed by atoms with Crippen LogP contribution >= 0.6 is 0 Å². The summed E-state index contributed by atoms with van der Waals surface area (Å²) in [5.74, 6) is 1.65. The fourth-order valence-electron chi connectivity index (χ4n) is 2.58. The molecule has 0 aliphatic heterocycles. The zero-order chi connectivity index (χ0) is 21.6. The second kappa shape index (κ2) is 9.38. The second-order valence-electron chi connectivity index (χ2n) is 5.51. The van der Waals surface area contributed by atoms with Gasteiger partial charge in [-0.25, -0.2) is 9.97 Å². The molecule has 0 bridgehead atoms. The molecule has 2 rings (SSSR count). The third-order valence-corrected chi connectivity index (χ3v) is 3.70. The Labute approximate surface area is 163 Å². The molecule has 2 aromatic rings. The lowest BCUT2D eigenvalue weighted by Crippen LogP contribution is -2.31. The highest BCUT2D eigenvalue weighted by atomic mass is 17.0. The number of rotatable bonds is 11. The first-order valence-electron chi connectivity index (χ1n) is 8.10. The van der Waals surface area contributed by atoms with Gasteiger partial charge >= 0.3 is 0 Å². The first kappa shape index (κ1) is 21.5. The van der Waals surface area contributed by atoms with Gasteiger partial charge in [0, 0.05) is 6.54 Å². The maximum Gasteiger partial charge on any atom is 0.294 e. The summed E-state index contributed by atoms with van der Waals surface area (Å²) in [6.07, 6.45) is -1.26. The molecule has 0 fully saturated rings. The molecule has 1 aromatic carbocycles. The van der Waals surface area contributed by atoms with Crippen LogP contribution < -0.4 is 19.5 Å². The van der Waals surface area contributed by atoms with Crippen LogP contribution in [0.5, 0.6) is 17.2 Å². The number of hydrogen-bond donors (Lipinski definition) is 1. The number of anilines is 1. The molecule has 0 amide bonds. The van der Waals surface area contributed by atoms with E-state index in [1.165, 1.54) is 21.3 Å². The van der Waals surface area contributed by atoms with Crippen molar-refractivity contribution in [3.63, 3.8) is 0 Å². The Balaban J connectivity index is 2.43. The highest BCUT2D eigenvalue weighted by Crippen LogP contribution is 2.44. The molecule has 0 radical (unpaired) electrons. The van der Waals surface area contributed by atoms with Crippen LogP contribution in [0.1, 0.15) is 5.82 Å². The number of nitrogens with one attached hydrogen (secondary N) is 1. The van der Waals surface area contributed by atoms with Gasteiger partial charge in [0.1, 0.15) is 29.9 Å². The number of fused-ring (bicyclic) bond motifs is 1. The minimum atomic E-state index is -1.26. The van der Waals surface area contributed by atoms with Crippen LogP contribution in [0, 0.1) is 27.2 Å². The van der Waals surface area contributed by atoms with E-state index in [2.05, 4.69) is 25.0 Å². The number of methoxy groups -OCH3 is 3. The van der Waals surface area contributed by atoms with E-state index in [0.717, 1.165) is 0 Å². The smallest absolute Gasteiger partial charge is 0.294 e. The van der Waals surface area contributed by atoms with Gasteiger partial charge < -0.3 is 29.2 Å². The minimum absolute atomic E-state index is 0.211. The molecule has 1 aromatic heterocycles. The van der Waals surface area contributed by atoms with Crippen molar-refractivity contribution in [2.24, 2.45) is 0 Å². The standard InChI is InChI=1S/C15H19N5O9/c1-8-17-12-10(5-11(25-2)13(26-3)14(12)27-4)15(18-8)16-6-9(29-20(23)24)7-28-19(21)22/h5,9H,6-7H2,1-4H3,(H,16,17,18). The Hall–Kier alpha value is -3.84.